The third kappa shape index (κ3) is 2.29. The molecule has 6 heteroatoms. The van der Waals surface area contributed by atoms with E-state index in [1.54, 1.807) is 31.6 Å². The molecule has 0 spiro atoms. The van der Waals surface area contributed by atoms with Crippen LogP contribution in [-0.2, 0) is 4.79 Å². The number of rotatable bonds is 4. The first-order valence-electron chi connectivity index (χ1n) is 6.75. The van der Waals surface area contributed by atoms with Gasteiger partial charge in [-0.05, 0) is 22.4 Å². The summed E-state index contributed by atoms with van der Waals surface area (Å²) in [5.41, 5.74) is 1.88. The van der Waals surface area contributed by atoms with Crippen LogP contribution in [-0.4, -0.2) is 27.3 Å². The van der Waals surface area contributed by atoms with Crippen LogP contribution in [0.15, 0.2) is 22.9 Å². The number of esters is 1. The number of ether oxygens (including phenoxy) is 4. The number of hydrogen-bond donors (Lipinski definition) is 0. The lowest BCUT2D eigenvalue weighted by Gasteiger charge is -2.27. The minimum absolute atomic E-state index is 0.114. The van der Waals surface area contributed by atoms with E-state index < -0.39 is 0 Å². The molecule has 0 amide bonds. The Bertz CT molecular complexity index is 693. The van der Waals surface area contributed by atoms with Crippen molar-refractivity contribution in [2.75, 3.05) is 21.3 Å². The van der Waals surface area contributed by atoms with Crippen LogP contribution in [0.4, 0.5) is 0 Å². The minimum Gasteiger partial charge on any atom is -0.493 e. The highest BCUT2D eigenvalue weighted by atomic mass is 32.1. The van der Waals surface area contributed by atoms with E-state index in [2.05, 4.69) is 0 Å². The quantitative estimate of drug-likeness (QED) is 0.639. The normalized spacial score (nSPS) is 16.7. The minimum atomic E-state index is -0.266. The standard InChI is InChI=1S/C16H16O5S/c1-18-12-7-11-14(16(20-3)15(12)19-2)10(6-13(17)21-11)9-4-5-22-8-9/h4-5,7-8,10H,6H2,1-3H3. The third-order valence-electron chi connectivity index (χ3n) is 3.72. The molecule has 1 atom stereocenters. The van der Waals surface area contributed by atoms with Gasteiger partial charge in [0.1, 0.15) is 5.75 Å². The molecule has 0 fully saturated rings. The van der Waals surface area contributed by atoms with Crippen LogP contribution in [0.2, 0.25) is 0 Å². The van der Waals surface area contributed by atoms with E-state index >= 15 is 0 Å². The molecule has 0 aliphatic carbocycles. The van der Waals surface area contributed by atoms with Gasteiger partial charge in [0, 0.05) is 17.5 Å². The molecular formula is C16H16O5S. The molecule has 1 aromatic carbocycles. The molecule has 1 unspecified atom stereocenters. The molecule has 1 aromatic heterocycles. The van der Waals surface area contributed by atoms with Crippen LogP contribution in [0, 0.1) is 0 Å². The van der Waals surface area contributed by atoms with Crippen molar-refractivity contribution < 1.29 is 23.7 Å². The van der Waals surface area contributed by atoms with Crippen molar-refractivity contribution in [3.63, 3.8) is 0 Å². The van der Waals surface area contributed by atoms with E-state index in [0.717, 1.165) is 11.1 Å². The van der Waals surface area contributed by atoms with Crippen molar-refractivity contribution in [2.24, 2.45) is 0 Å². The van der Waals surface area contributed by atoms with Gasteiger partial charge in [0.2, 0.25) is 5.75 Å². The van der Waals surface area contributed by atoms with Gasteiger partial charge in [-0.3, -0.25) is 4.79 Å². The van der Waals surface area contributed by atoms with Crippen LogP contribution in [0.3, 0.4) is 0 Å². The first-order chi connectivity index (χ1) is 10.7. The summed E-state index contributed by atoms with van der Waals surface area (Å²) >= 11 is 1.59. The molecule has 0 radical (unpaired) electrons. The van der Waals surface area contributed by atoms with Crippen LogP contribution in [0.5, 0.6) is 23.0 Å². The number of fused-ring (bicyclic) bond motifs is 1. The molecule has 0 saturated carbocycles. The summed E-state index contributed by atoms with van der Waals surface area (Å²) in [6.45, 7) is 0. The second kappa shape index (κ2) is 5.88. The molecule has 1 aliphatic rings. The van der Waals surface area contributed by atoms with Crippen molar-refractivity contribution in [3.8, 4) is 23.0 Å². The molecule has 22 heavy (non-hydrogen) atoms. The van der Waals surface area contributed by atoms with Crippen LogP contribution >= 0.6 is 11.3 Å². The number of carbonyl (C=O) groups is 1. The Morgan fingerprint density at radius 3 is 2.55 bits per heavy atom. The fourth-order valence-electron chi connectivity index (χ4n) is 2.76. The van der Waals surface area contributed by atoms with Gasteiger partial charge in [-0.25, -0.2) is 0 Å². The lowest BCUT2D eigenvalue weighted by molar-refractivity contribution is -0.135. The average molecular weight is 320 g/mol. The Morgan fingerprint density at radius 2 is 1.95 bits per heavy atom. The number of methoxy groups -OCH3 is 3. The molecule has 0 bridgehead atoms. The first-order valence-corrected chi connectivity index (χ1v) is 7.69. The van der Waals surface area contributed by atoms with Crippen molar-refractivity contribution in [1.82, 2.24) is 0 Å². The second-order valence-corrected chi connectivity index (χ2v) is 5.62. The highest BCUT2D eigenvalue weighted by Crippen LogP contribution is 2.52. The zero-order valence-electron chi connectivity index (χ0n) is 12.5. The predicted octanol–water partition coefficient (Wildman–Crippen LogP) is 3.21. The third-order valence-corrected chi connectivity index (χ3v) is 4.42. The highest BCUT2D eigenvalue weighted by molar-refractivity contribution is 7.08. The summed E-state index contributed by atoms with van der Waals surface area (Å²) in [7, 11) is 4.66. The molecule has 1 aliphatic heterocycles. The maximum atomic E-state index is 12.0. The lowest BCUT2D eigenvalue weighted by atomic mass is 9.87. The van der Waals surface area contributed by atoms with E-state index in [0.29, 0.717) is 23.0 Å². The summed E-state index contributed by atoms with van der Waals surface area (Å²) in [5, 5.41) is 4.02. The summed E-state index contributed by atoms with van der Waals surface area (Å²) in [5.74, 6) is 1.59. The zero-order valence-corrected chi connectivity index (χ0v) is 13.4. The molecule has 3 rings (SSSR count). The zero-order chi connectivity index (χ0) is 15.7. The molecular weight excluding hydrogens is 304 g/mol. The van der Waals surface area contributed by atoms with Gasteiger partial charge >= 0.3 is 5.97 Å². The Balaban J connectivity index is 2.25. The van der Waals surface area contributed by atoms with Gasteiger partial charge in [0.15, 0.2) is 11.5 Å². The summed E-state index contributed by atoms with van der Waals surface area (Å²) < 4.78 is 21.7. The van der Waals surface area contributed by atoms with E-state index in [4.69, 9.17) is 18.9 Å². The molecule has 116 valence electrons. The van der Waals surface area contributed by atoms with Crippen molar-refractivity contribution in [3.05, 3.63) is 34.0 Å². The number of hydrogen-bond acceptors (Lipinski definition) is 6. The summed E-state index contributed by atoms with van der Waals surface area (Å²) in [6.07, 6.45) is 0.273. The van der Waals surface area contributed by atoms with Gasteiger partial charge < -0.3 is 18.9 Å². The smallest absolute Gasteiger partial charge is 0.312 e. The van der Waals surface area contributed by atoms with Gasteiger partial charge in [-0.1, -0.05) is 0 Å². The van der Waals surface area contributed by atoms with Crippen LogP contribution < -0.4 is 18.9 Å². The Morgan fingerprint density at radius 1 is 1.18 bits per heavy atom. The monoisotopic (exact) mass is 320 g/mol. The average Bonchev–Trinajstić information content (AvgIpc) is 3.06. The summed E-state index contributed by atoms with van der Waals surface area (Å²) in [6, 6.07) is 3.68. The Hall–Kier alpha value is -2.21. The van der Waals surface area contributed by atoms with E-state index in [1.165, 1.54) is 7.11 Å². The predicted molar refractivity (Wildman–Crippen MR) is 82.5 cm³/mol. The maximum Gasteiger partial charge on any atom is 0.312 e. The van der Waals surface area contributed by atoms with E-state index in [1.807, 2.05) is 16.8 Å². The lowest BCUT2D eigenvalue weighted by Crippen LogP contribution is -2.21. The van der Waals surface area contributed by atoms with Crippen LogP contribution in [0.1, 0.15) is 23.5 Å². The van der Waals surface area contributed by atoms with Crippen molar-refractivity contribution in [1.29, 1.82) is 0 Å². The van der Waals surface area contributed by atoms with E-state index in [-0.39, 0.29) is 18.3 Å². The first kappa shape index (κ1) is 14.7. The summed E-state index contributed by atoms with van der Waals surface area (Å²) in [4.78, 5) is 12.0. The molecule has 0 saturated heterocycles. The van der Waals surface area contributed by atoms with Crippen molar-refractivity contribution >= 4 is 17.3 Å². The molecule has 2 heterocycles. The number of benzene rings is 1. The Kier molecular flexibility index (Phi) is 3.94. The second-order valence-electron chi connectivity index (χ2n) is 4.84. The van der Waals surface area contributed by atoms with Gasteiger partial charge in [0.25, 0.3) is 0 Å². The molecule has 2 aromatic rings. The molecule has 0 N–H and O–H groups in total. The van der Waals surface area contributed by atoms with Gasteiger partial charge in [-0.2, -0.15) is 11.3 Å². The largest absolute Gasteiger partial charge is 0.493 e. The Labute approximate surface area is 132 Å². The van der Waals surface area contributed by atoms with E-state index in [9.17, 15) is 4.79 Å². The SMILES string of the molecule is COc1cc2c(c(OC)c1OC)C(c1ccsc1)CC(=O)O2. The number of carbonyl (C=O) groups excluding carboxylic acids is 1. The molecule has 5 nitrogen and oxygen atoms in total. The highest BCUT2D eigenvalue weighted by Gasteiger charge is 2.35. The van der Waals surface area contributed by atoms with Gasteiger partial charge in [0.05, 0.1) is 27.8 Å². The van der Waals surface area contributed by atoms with Crippen molar-refractivity contribution in [2.45, 2.75) is 12.3 Å². The van der Waals surface area contributed by atoms with Gasteiger partial charge in [-0.15, -0.1) is 0 Å². The van der Waals surface area contributed by atoms with Crippen LogP contribution in [0.25, 0.3) is 0 Å². The fraction of sp³-hybridized carbons (Fsp3) is 0.312. The maximum absolute atomic E-state index is 12.0. The fourth-order valence-corrected chi connectivity index (χ4v) is 3.48. The number of thiophene rings is 1. The topological polar surface area (TPSA) is 54.0 Å².